The van der Waals surface area contributed by atoms with E-state index in [1.54, 1.807) is 0 Å². The summed E-state index contributed by atoms with van der Waals surface area (Å²) >= 11 is 0. The lowest BCUT2D eigenvalue weighted by Gasteiger charge is -2.18. The van der Waals surface area contributed by atoms with Gasteiger partial charge in [0.1, 0.15) is 0 Å². The van der Waals surface area contributed by atoms with Gasteiger partial charge in [0.25, 0.3) is 0 Å². The molecule has 1 atom stereocenters. The van der Waals surface area contributed by atoms with Crippen molar-refractivity contribution in [3.63, 3.8) is 0 Å². The highest BCUT2D eigenvalue weighted by Crippen LogP contribution is 1.95. The molecule has 1 aliphatic rings. The molecule has 0 aliphatic carbocycles. The number of amides is 1. The highest BCUT2D eigenvalue weighted by molar-refractivity contribution is 5.86. The summed E-state index contributed by atoms with van der Waals surface area (Å²) in [5, 5.41) is 2.70. The van der Waals surface area contributed by atoms with Crippen molar-refractivity contribution in [2.24, 2.45) is 0 Å². The molecular weight excluding hydrogens is 318 g/mol. The van der Waals surface area contributed by atoms with E-state index in [1.165, 1.54) is 6.08 Å². The second kappa shape index (κ2) is 15.5. The third kappa shape index (κ3) is 12.4. The SMILES string of the molecule is C=CC(=O)NCC1COCCOCCOCCOCCOCCO1. The number of rotatable bonds is 3. The zero-order valence-corrected chi connectivity index (χ0v) is 14.2. The standard InChI is InChI=1S/C16H29NO7/c1-2-16(18)17-13-15-14-23-10-9-21-6-5-19-3-4-20-7-8-22-11-12-24-15/h2,15H,1,3-14H2,(H,17,18). The molecule has 0 aromatic heterocycles. The van der Waals surface area contributed by atoms with Gasteiger partial charge >= 0.3 is 0 Å². The van der Waals surface area contributed by atoms with Crippen molar-refractivity contribution < 1.29 is 33.2 Å². The van der Waals surface area contributed by atoms with E-state index in [-0.39, 0.29) is 12.0 Å². The van der Waals surface area contributed by atoms with Gasteiger partial charge in [-0.15, -0.1) is 0 Å². The van der Waals surface area contributed by atoms with Crippen LogP contribution in [0.5, 0.6) is 0 Å². The molecule has 24 heavy (non-hydrogen) atoms. The first-order valence-corrected chi connectivity index (χ1v) is 8.23. The molecule has 1 amide bonds. The number of ether oxygens (including phenoxy) is 6. The Bertz CT molecular complexity index is 310. The van der Waals surface area contributed by atoms with Crippen LogP contribution in [0, 0.1) is 0 Å². The Morgan fingerprint density at radius 2 is 1.29 bits per heavy atom. The van der Waals surface area contributed by atoms with E-state index in [2.05, 4.69) is 11.9 Å². The first kappa shape index (κ1) is 21.0. The smallest absolute Gasteiger partial charge is 0.243 e. The molecular formula is C16H29NO7. The van der Waals surface area contributed by atoms with E-state index in [4.69, 9.17) is 28.4 Å². The Morgan fingerprint density at radius 3 is 1.79 bits per heavy atom. The molecule has 8 nitrogen and oxygen atoms in total. The summed E-state index contributed by atoms with van der Waals surface area (Å²) in [4.78, 5) is 11.3. The lowest BCUT2D eigenvalue weighted by atomic mass is 10.3. The molecule has 1 N–H and O–H groups in total. The predicted molar refractivity (Wildman–Crippen MR) is 87.0 cm³/mol. The van der Waals surface area contributed by atoms with Crippen LogP contribution in [0.2, 0.25) is 0 Å². The molecule has 0 aromatic carbocycles. The van der Waals surface area contributed by atoms with Gasteiger partial charge in [-0.05, 0) is 6.08 Å². The molecule has 1 saturated heterocycles. The van der Waals surface area contributed by atoms with Crippen LogP contribution in [0.4, 0.5) is 0 Å². The zero-order valence-electron chi connectivity index (χ0n) is 14.2. The van der Waals surface area contributed by atoms with Crippen LogP contribution < -0.4 is 5.32 Å². The van der Waals surface area contributed by atoms with E-state index in [1.807, 2.05) is 0 Å². The van der Waals surface area contributed by atoms with Crippen molar-refractivity contribution in [3.05, 3.63) is 12.7 Å². The molecule has 0 aromatic rings. The van der Waals surface area contributed by atoms with Crippen LogP contribution in [-0.2, 0) is 33.2 Å². The average molecular weight is 347 g/mol. The molecule has 0 saturated carbocycles. The molecule has 0 radical (unpaired) electrons. The Labute approximate surface area is 143 Å². The highest BCUT2D eigenvalue weighted by atomic mass is 16.6. The maximum Gasteiger partial charge on any atom is 0.243 e. The molecule has 1 fully saturated rings. The Balaban J connectivity index is 2.28. The van der Waals surface area contributed by atoms with Crippen LogP contribution in [0.25, 0.3) is 0 Å². The Hall–Kier alpha value is -1.03. The minimum Gasteiger partial charge on any atom is -0.377 e. The highest BCUT2D eigenvalue weighted by Gasteiger charge is 2.11. The summed E-state index contributed by atoms with van der Waals surface area (Å²) in [7, 11) is 0. The Morgan fingerprint density at radius 1 is 0.833 bits per heavy atom. The van der Waals surface area contributed by atoms with Crippen molar-refractivity contribution in [2.75, 3.05) is 79.2 Å². The van der Waals surface area contributed by atoms with Crippen LogP contribution in [0.3, 0.4) is 0 Å². The lowest BCUT2D eigenvalue weighted by Crippen LogP contribution is -2.36. The molecule has 1 heterocycles. The average Bonchev–Trinajstić information content (AvgIpc) is 2.60. The van der Waals surface area contributed by atoms with Crippen molar-refractivity contribution in [2.45, 2.75) is 6.10 Å². The summed E-state index contributed by atoms with van der Waals surface area (Å²) in [5.41, 5.74) is 0. The molecule has 1 rings (SSSR count). The van der Waals surface area contributed by atoms with Crippen LogP contribution >= 0.6 is 0 Å². The van der Waals surface area contributed by atoms with Crippen LogP contribution in [0.15, 0.2) is 12.7 Å². The van der Waals surface area contributed by atoms with Crippen molar-refractivity contribution in [1.29, 1.82) is 0 Å². The zero-order chi connectivity index (χ0) is 17.3. The van der Waals surface area contributed by atoms with E-state index in [9.17, 15) is 4.79 Å². The van der Waals surface area contributed by atoms with Gasteiger partial charge in [0, 0.05) is 6.54 Å². The van der Waals surface area contributed by atoms with Crippen LogP contribution in [-0.4, -0.2) is 91.2 Å². The predicted octanol–water partition coefficient (Wildman–Crippen LogP) is -0.230. The van der Waals surface area contributed by atoms with Gasteiger partial charge in [-0.25, -0.2) is 0 Å². The molecule has 1 unspecified atom stereocenters. The monoisotopic (exact) mass is 347 g/mol. The fourth-order valence-corrected chi connectivity index (χ4v) is 1.82. The maximum atomic E-state index is 11.3. The quantitative estimate of drug-likeness (QED) is 0.706. The van der Waals surface area contributed by atoms with E-state index < -0.39 is 0 Å². The lowest BCUT2D eigenvalue weighted by molar-refractivity contribution is -0.117. The maximum absolute atomic E-state index is 11.3. The third-order valence-corrected chi connectivity index (χ3v) is 3.06. The first-order chi connectivity index (χ1) is 11.8. The van der Waals surface area contributed by atoms with Gasteiger partial charge < -0.3 is 33.7 Å². The number of nitrogens with one attached hydrogen (secondary N) is 1. The van der Waals surface area contributed by atoms with E-state index in [0.717, 1.165) is 0 Å². The summed E-state index contributed by atoms with van der Waals surface area (Å²) in [6.07, 6.45) is 0.969. The van der Waals surface area contributed by atoms with Gasteiger partial charge in [0.2, 0.25) is 5.91 Å². The summed E-state index contributed by atoms with van der Waals surface area (Å²) in [6.45, 7) is 9.07. The van der Waals surface area contributed by atoms with Gasteiger partial charge in [0.15, 0.2) is 0 Å². The topological polar surface area (TPSA) is 84.5 Å². The molecule has 1 aliphatic heterocycles. The molecule has 0 spiro atoms. The normalized spacial score (nSPS) is 23.6. The van der Waals surface area contributed by atoms with Gasteiger partial charge in [-0.1, -0.05) is 6.58 Å². The first-order valence-electron chi connectivity index (χ1n) is 8.23. The fourth-order valence-electron chi connectivity index (χ4n) is 1.82. The largest absolute Gasteiger partial charge is 0.377 e. The van der Waals surface area contributed by atoms with Gasteiger partial charge in [-0.3, -0.25) is 4.79 Å². The fraction of sp³-hybridized carbons (Fsp3) is 0.812. The number of hydrogen-bond acceptors (Lipinski definition) is 7. The molecule has 0 bridgehead atoms. The number of hydrogen-bond donors (Lipinski definition) is 1. The molecule has 8 heteroatoms. The minimum absolute atomic E-state index is 0.241. The second-order valence-corrected chi connectivity index (χ2v) is 4.97. The molecule has 140 valence electrons. The van der Waals surface area contributed by atoms with E-state index >= 15 is 0 Å². The van der Waals surface area contributed by atoms with E-state index in [0.29, 0.717) is 79.2 Å². The van der Waals surface area contributed by atoms with Crippen molar-refractivity contribution >= 4 is 5.91 Å². The summed E-state index contributed by atoms with van der Waals surface area (Å²) in [6, 6.07) is 0. The minimum atomic E-state index is -0.254. The number of carbonyl (C=O) groups is 1. The van der Waals surface area contributed by atoms with Gasteiger partial charge in [0.05, 0.1) is 78.8 Å². The van der Waals surface area contributed by atoms with Crippen molar-refractivity contribution in [3.8, 4) is 0 Å². The second-order valence-electron chi connectivity index (χ2n) is 4.97. The number of carbonyl (C=O) groups excluding carboxylic acids is 1. The Kier molecular flexibility index (Phi) is 13.6. The third-order valence-electron chi connectivity index (χ3n) is 3.06. The van der Waals surface area contributed by atoms with Gasteiger partial charge in [-0.2, -0.15) is 0 Å². The summed E-state index contributed by atoms with van der Waals surface area (Å²) < 4.78 is 32.8. The summed E-state index contributed by atoms with van der Waals surface area (Å²) in [5.74, 6) is -0.241. The van der Waals surface area contributed by atoms with Crippen LogP contribution in [0.1, 0.15) is 0 Å². The van der Waals surface area contributed by atoms with Crippen molar-refractivity contribution in [1.82, 2.24) is 5.32 Å².